The van der Waals surface area contributed by atoms with E-state index in [-0.39, 0.29) is 49.0 Å². The van der Waals surface area contributed by atoms with Crippen LogP contribution in [0.25, 0.3) is 16.8 Å². The number of aromatic nitrogens is 5. The molecule has 0 aliphatic carbocycles. The third-order valence-corrected chi connectivity index (χ3v) is 16.8. The highest BCUT2D eigenvalue weighted by Gasteiger charge is 2.53. The largest absolute Gasteiger partial charge is 0.521 e. The molecule has 4 aromatic heterocycles. The fourth-order valence-electron chi connectivity index (χ4n) is 6.20. The second-order valence-electron chi connectivity index (χ2n) is 15.4. The molecule has 0 saturated carbocycles. The van der Waals surface area contributed by atoms with Crippen LogP contribution < -0.4 is 5.56 Å². The molecule has 9 atom stereocenters. The van der Waals surface area contributed by atoms with Gasteiger partial charge in [0.15, 0.2) is 14.5 Å². The van der Waals surface area contributed by atoms with Gasteiger partial charge in [0.1, 0.15) is 49.5 Å². The third-order valence-electron chi connectivity index (χ3n) is 10.1. The van der Waals surface area contributed by atoms with Crippen molar-refractivity contribution in [2.45, 2.75) is 94.7 Å². The lowest BCUT2D eigenvalue weighted by Gasteiger charge is -2.40. The Morgan fingerprint density at radius 2 is 1.88 bits per heavy atom. The lowest BCUT2D eigenvalue weighted by Crippen LogP contribution is -2.50. The minimum Gasteiger partial charge on any atom is -0.408 e. The van der Waals surface area contributed by atoms with Gasteiger partial charge in [-0.05, 0) is 30.3 Å². The van der Waals surface area contributed by atoms with E-state index in [1.807, 2.05) is 48.0 Å². The average Bonchev–Trinajstić information content (AvgIpc) is 3.95. The molecule has 3 unspecified atom stereocenters. The molecule has 2 aliphatic heterocycles. The van der Waals surface area contributed by atoms with Crippen LogP contribution in [0.2, 0.25) is 18.1 Å². The number of ether oxygens (including phenoxy) is 2. The average molecular weight is 864 g/mol. The zero-order valence-electron chi connectivity index (χ0n) is 32.8. The summed E-state index contributed by atoms with van der Waals surface area (Å²) in [4.78, 5) is 39.5. The van der Waals surface area contributed by atoms with Crippen LogP contribution >= 0.6 is 15.8 Å². The Morgan fingerprint density at radius 1 is 1.11 bits per heavy atom. The minimum atomic E-state index is -2.62. The molecule has 22 heteroatoms. The normalized spacial score (nSPS) is 25.1. The molecule has 0 spiro atoms. The van der Waals surface area contributed by atoms with Crippen LogP contribution in [0, 0.1) is 11.3 Å². The molecule has 2 fully saturated rings. The molecule has 6 heterocycles. The Hall–Kier alpha value is -3.12. The Morgan fingerprint density at radius 3 is 2.61 bits per heavy atom. The predicted octanol–water partition coefficient (Wildman–Crippen LogP) is 5.05. The zero-order valence-corrected chi connectivity index (χ0v) is 36.4. The Bertz CT molecular complexity index is 2160. The van der Waals surface area contributed by atoms with Crippen LogP contribution in [-0.2, 0) is 43.8 Å². The summed E-state index contributed by atoms with van der Waals surface area (Å²) in [5.74, 6) is 0.277. The van der Waals surface area contributed by atoms with E-state index in [0.717, 1.165) is 11.1 Å². The van der Waals surface area contributed by atoms with Gasteiger partial charge in [-0.15, -0.1) is 9.05 Å². The molecule has 2 aliphatic rings. The first-order chi connectivity index (χ1) is 27.1. The second kappa shape index (κ2) is 18.4. The van der Waals surface area contributed by atoms with E-state index in [0.29, 0.717) is 5.65 Å². The minimum absolute atomic E-state index is 0.0531. The fourth-order valence-corrected chi connectivity index (χ4v) is 9.27. The van der Waals surface area contributed by atoms with Crippen LogP contribution in [0.1, 0.15) is 46.1 Å². The van der Waals surface area contributed by atoms with Crippen molar-refractivity contribution in [2.75, 3.05) is 33.9 Å². The monoisotopic (exact) mass is 863 g/mol. The van der Waals surface area contributed by atoms with Crippen molar-refractivity contribution in [3.05, 3.63) is 59.5 Å². The molecule has 4 aromatic rings. The topological polar surface area (TPSA) is 202 Å². The highest BCUT2D eigenvalue weighted by Crippen LogP contribution is 2.48. The smallest absolute Gasteiger partial charge is 0.408 e. The molecule has 0 bridgehead atoms. The summed E-state index contributed by atoms with van der Waals surface area (Å²) in [5, 5.41) is 20.6. The van der Waals surface area contributed by atoms with E-state index < -0.39 is 67.0 Å². The van der Waals surface area contributed by atoms with Gasteiger partial charge in [0.05, 0.1) is 37.2 Å². The molecule has 2 saturated heterocycles. The lowest BCUT2D eigenvalue weighted by molar-refractivity contribution is -0.0526. The van der Waals surface area contributed by atoms with Crippen molar-refractivity contribution in [1.82, 2.24) is 28.4 Å². The number of pyridine rings is 1. The van der Waals surface area contributed by atoms with Gasteiger partial charge in [-0.1, -0.05) is 20.8 Å². The van der Waals surface area contributed by atoms with Gasteiger partial charge in [-0.3, -0.25) is 13.8 Å². The zero-order chi connectivity index (χ0) is 41.1. The number of rotatable bonds is 17. The molecule has 308 valence electrons. The number of imidazole rings is 1. The van der Waals surface area contributed by atoms with Crippen LogP contribution in [0.5, 0.6) is 0 Å². The summed E-state index contributed by atoms with van der Waals surface area (Å²) >= 11 is 5.40. The summed E-state index contributed by atoms with van der Waals surface area (Å²) < 4.78 is 48.4. The van der Waals surface area contributed by atoms with Crippen molar-refractivity contribution in [1.29, 1.82) is 5.26 Å². The van der Waals surface area contributed by atoms with Crippen LogP contribution in [-0.4, -0.2) is 117 Å². The van der Waals surface area contributed by atoms with Crippen LogP contribution in [0.4, 0.5) is 5.69 Å². The highest BCUT2D eigenvalue weighted by atomic mass is 32.4. The number of nitrogens with zero attached hydrogens (tertiary/aromatic N) is 8. The third kappa shape index (κ3) is 10.0. The number of nitriles is 1. The molecular formula is C35H49N8O10P2SSi+. The molecule has 2 N–H and O–H groups in total. The van der Waals surface area contributed by atoms with E-state index in [4.69, 9.17) is 49.1 Å². The maximum atomic E-state index is 12.7. The highest BCUT2D eigenvalue weighted by molar-refractivity contribution is 8.00. The molecule has 57 heavy (non-hydrogen) atoms. The molecule has 0 radical (unpaired) electrons. The molecule has 0 aromatic carbocycles. The van der Waals surface area contributed by atoms with E-state index in [9.17, 15) is 14.8 Å². The van der Waals surface area contributed by atoms with Gasteiger partial charge in [0, 0.05) is 63.0 Å². The van der Waals surface area contributed by atoms with E-state index in [1.165, 1.54) is 16.7 Å². The molecule has 0 amide bonds. The van der Waals surface area contributed by atoms with Crippen molar-refractivity contribution >= 4 is 64.7 Å². The summed E-state index contributed by atoms with van der Waals surface area (Å²) in [5.41, 5.74) is 1.11. The Balaban J connectivity index is 1.22. The maximum absolute atomic E-state index is 12.7. The SMILES string of the molecule is CN(C)C=Nc1ccnc2c1ccn2[C@H]1C[C@H](O)[C@@H](COP(O)O[C@@H]2C(O[Si](C)(C)C(C)(C)C)[C@@H](CO[P+](=S)OCCC#N)O[C@H]2n2ccc(=O)n3ccnc23)O1. The quantitative estimate of drug-likeness (QED) is 0.0470. The lowest BCUT2D eigenvalue weighted by atomic mass is 10.1. The van der Waals surface area contributed by atoms with Crippen molar-refractivity contribution in [3.63, 3.8) is 0 Å². The van der Waals surface area contributed by atoms with Crippen molar-refractivity contribution in [3.8, 4) is 6.07 Å². The Kier molecular flexibility index (Phi) is 14.0. The van der Waals surface area contributed by atoms with Gasteiger partial charge in [-0.25, -0.2) is 15.0 Å². The van der Waals surface area contributed by atoms with Crippen molar-refractivity contribution < 1.29 is 42.0 Å². The van der Waals surface area contributed by atoms with Gasteiger partial charge in [0.2, 0.25) is 17.6 Å². The van der Waals surface area contributed by atoms with Gasteiger partial charge in [-0.2, -0.15) is 5.26 Å². The van der Waals surface area contributed by atoms with Crippen LogP contribution in [0.15, 0.2) is 59.0 Å². The maximum Gasteiger partial charge on any atom is 0.521 e. The van der Waals surface area contributed by atoms with E-state index >= 15 is 0 Å². The molecule has 18 nitrogen and oxygen atoms in total. The number of aliphatic hydroxyl groups is 1. The summed E-state index contributed by atoms with van der Waals surface area (Å²) in [6.45, 7) is 10.4. The first-order valence-electron chi connectivity index (χ1n) is 18.3. The predicted molar refractivity (Wildman–Crippen MR) is 218 cm³/mol. The van der Waals surface area contributed by atoms with Gasteiger partial charge in [0.25, 0.3) is 5.56 Å². The fraction of sp³-hybridized carbons (Fsp3) is 0.571. The number of aliphatic hydroxyl groups excluding tert-OH is 1. The number of hydrogen-bond donors (Lipinski definition) is 2. The summed E-state index contributed by atoms with van der Waals surface area (Å²) in [6, 6.07) is 7.13. The second-order valence-corrected chi connectivity index (χ2v) is 22.9. The standard InChI is InChI=1S/C35H49N8O10P2SSi/c1-35(2,3)57(6,7)53-30-27(21-49-55(56)47-18-8-12-36)51-33(43-16-11-28(45)41-17-14-38-34(41)43)31(30)52-54(46)48-20-26-25(44)19-29(50-26)42-15-10-23-24(39-22-40(4)5)9-13-37-32(23)42/h9-11,13-17,22,25-27,29-31,33,44,46H,8,18-21H2,1-7H3/q+1/t25-,26+,27+,29+,30?,31+,33+,54?/m0/s1. The summed E-state index contributed by atoms with van der Waals surface area (Å²) in [6.07, 6.45) is 4.40. The Labute approximate surface area is 338 Å². The molecular weight excluding hydrogens is 815 g/mol. The van der Waals surface area contributed by atoms with Gasteiger partial charge < -0.3 is 42.4 Å². The van der Waals surface area contributed by atoms with Crippen LogP contribution in [0.3, 0.4) is 0 Å². The first kappa shape index (κ1) is 43.5. The molecule has 6 rings (SSSR count). The summed E-state index contributed by atoms with van der Waals surface area (Å²) in [7, 11) is -3.17. The van der Waals surface area contributed by atoms with Crippen molar-refractivity contribution in [2.24, 2.45) is 4.99 Å². The van der Waals surface area contributed by atoms with E-state index in [2.05, 4.69) is 48.8 Å². The van der Waals surface area contributed by atoms with Gasteiger partial charge >= 0.3 is 15.8 Å². The number of aliphatic imine (C=N–C) groups is 1. The van der Waals surface area contributed by atoms with E-state index in [1.54, 1.807) is 29.5 Å². The number of hydrogen-bond acceptors (Lipinski definition) is 15. The number of fused-ring (bicyclic) bond motifs is 2. The first-order valence-corrected chi connectivity index (χ1v) is 24.6.